The quantitative estimate of drug-likeness (QED) is 0.613. The fourth-order valence-electron chi connectivity index (χ4n) is 1.66. The molecular weight excluding hydrogens is 324 g/mol. The summed E-state index contributed by atoms with van der Waals surface area (Å²) in [5, 5.41) is 11.3. The van der Waals surface area contributed by atoms with Crippen LogP contribution in [0.1, 0.15) is 5.56 Å². The van der Waals surface area contributed by atoms with Crippen LogP contribution >= 0.6 is 23.2 Å². The fraction of sp³-hybridized carbons (Fsp3) is 0.0714. The maximum Gasteiger partial charge on any atom is 1.00 e. The van der Waals surface area contributed by atoms with Crippen LogP contribution in [0.3, 0.4) is 0 Å². The largest absolute Gasteiger partial charge is 1.00 e. The third-order valence-corrected chi connectivity index (χ3v) is 3.23. The molecule has 0 aromatic heterocycles. The van der Waals surface area contributed by atoms with E-state index < -0.39 is 5.97 Å². The second-order valence-corrected chi connectivity index (χ2v) is 4.84. The van der Waals surface area contributed by atoms with Crippen LogP contribution in [-0.2, 0) is 11.2 Å². The van der Waals surface area contributed by atoms with E-state index in [0.29, 0.717) is 16.3 Å². The van der Waals surface area contributed by atoms with Crippen LogP contribution in [0.5, 0.6) is 11.5 Å². The molecule has 0 bridgehead atoms. The molecule has 0 atom stereocenters. The van der Waals surface area contributed by atoms with E-state index >= 15 is 0 Å². The van der Waals surface area contributed by atoms with E-state index in [1.807, 2.05) is 0 Å². The predicted molar refractivity (Wildman–Crippen MR) is 76.1 cm³/mol. The molecule has 2 aromatic carbocycles. The number of anilines is 1. The molecule has 0 radical (unpaired) electrons. The molecule has 2 rings (SSSR count). The van der Waals surface area contributed by atoms with Gasteiger partial charge in [-0.25, -0.2) is 0 Å². The van der Waals surface area contributed by atoms with E-state index in [2.05, 4.69) is 0 Å². The molecule has 0 aliphatic rings. The van der Waals surface area contributed by atoms with Crippen molar-refractivity contribution in [2.75, 3.05) is 5.73 Å². The molecule has 0 amide bonds. The van der Waals surface area contributed by atoms with Gasteiger partial charge in [-0.05, 0) is 23.8 Å². The molecular formula is C14H10Cl2NNaO3. The first-order valence-electron chi connectivity index (χ1n) is 5.68. The second-order valence-electron chi connectivity index (χ2n) is 4.03. The van der Waals surface area contributed by atoms with Crippen LogP contribution < -0.4 is 45.1 Å². The predicted octanol–water partition coefficient (Wildman–Crippen LogP) is -0.336. The molecule has 0 saturated heterocycles. The summed E-state index contributed by atoms with van der Waals surface area (Å²) in [4.78, 5) is 10.7. The normalized spacial score (nSPS) is 9.81. The third kappa shape index (κ3) is 4.53. The molecule has 4 nitrogen and oxygen atoms in total. The number of nitrogens with two attached hydrogens (primary N) is 1. The summed E-state index contributed by atoms with van der Waals surface area (Å²) in [6.45, 7) is 0. The van der Waals surface area contributed by atoms with Gasteiger partial charge in [-0.2, -0.15) is 0 Å². The minimum absolute atomic E-state index is 0. The summed E-state index contributed by atoms with van der Waals surface area (Å²) in [5.41, 5.74) is 6.41. The number of hydrogen-bond acceptors (Lipinski definition) is 4. The standard InChI is InChI=1S/C14H11Cl2NO3.Na/c15-9-3-1-2-4-11(9)20-14-10(16)6-5-8(13(14)17)7-12(18)19;/h1-6H,7,17H2,(H,18,19);/q;+1/p-1. The Balaban J connectivity index is 0.00000220. The Morgan fingerprint density at radius 3 is 2.43 bits per heavy atom. The van der Waals surface area contributed by atoms with Gasteiger partial charge in [0.15, 0.2) is 5.75 Å². The van der Waals surface area contributed by atoms with Gasteiger partial charge in [-0.15, -0.1) is 0 Å². The molecule has 2 N–H and O–H groups in total. The van der Waals surface area contributed by atoms with Gasteiger partial charge < -0.3 is 20.4 Å². The van der Waals surface area contributed by atoms with Crippen molar-refractivity contribution >= 4 is 34.9 Å². The number of ether oxygens (including phenoxy) is 1. The number of carbonyl (C=O) groups is 1. The number of carboxylic acid groups (broad SMARTS) is 1. The molecule has 7 heteroatoms. The minimum Gasteiger partial charge on any atom is -0.550 e. The molecule has 0 heterocycles. The van der Waals surface area contributed by atoms with Crippen LogP contribution in [0.2, 0.25) is 10.0 Å². The Labute approximate surface area is 154 Å². The first kappa shape index (κ1) is 18.1. The summed E-state index contributed by atoms with van der Waals surface area (Å²) in [6.07, 6.45) is -0.318. The van der Waals surface area contributed by atoms with E-state index in [9.17, 15) is 9.90 Å². The van der Waals surface area contributed by atoms with Gasteiger partial charge in [-0.3, -0.25) is 0 Å². The minimum atomic E-state index is -1.23. The van der Waals surface area contributed by atoms with Gasteiger partial charge in [0.1, 0.15) is 5.75 Å². The summed E-state index contributed by atoms with van der Waals surface area (Å²) >= 11 is 12.0. The van der Waals surface area contributed by atoms with E-state index in [0.717, 1.165) is 0 Å². The van der Waals surface area contributed by atoms with Gasteiger partial charge in [0, 0.05) is 12.4 Å². The SMILES string of the molecule is Nc1c(CC(=O)[O-])ccc(Cl)c1Oc1ccccc1Cl.[Na+]. The summed E-state index contributed by atoms with van der Waals surface area (Å²) < 4.78 is 5.59. The maximum absolute atomic E-state index is 10.7. The van der Waals surface area contributed by atoms with E-state index in [-0.39, 0.29) is 52.4 Å². The Morgan fingerprint density at radius 1 is 1.14 bits per heavy atom. The van der Waals surface area contributed by atoms with Crippen LogP contribution in [0, 0.1) is 0 Å². The topological polar surface area (TPSA) is 75.4 Å². The Morgan fingerprint density at radius 2 is 1.81 bits per heavy atom. The number of carboxylic acids is 1. The van der Waals surface area contributed by atoms with E-state index in [1.54, 1.807) is 24.3 Å². The van der Waals surface area contributed by atoms with Crippen molar-refractivity contribution in [1.29, 1.82) is 0 Å². The van der Waals surface area contributed by atoms with E-state index in [1.165, 1.54) is 12.1 Å². The maximum atomic E-state index is 10.7. The average molecular weight is 334 g/mol. The molecule has 0 saturated carbocycles. The number of benzene rings is 2. The van der Waals surface area contributed by atoms with Crippen molar-refractivity contribution in [1.82, 2.24) is 0 Å². The van der Waals surface area contributed by atoms with Crippen LogP contribution in [0.25, 0.3) is 0 Å². The van der Waals surface area contributed by atoms with Crippen LogP contribution in [0.4, 0.5) is 5.69 Å². The Kier molecular flexibility index (Phi) is 6.84. The summed E-state index contributed by atoms with van der Waals surface area (Å²) in [5.74, 6) is -0.672. The van der Waals surface area contributed by atoms with Crippen molar-refractivity contribution < 1.29 is 44.2 Å². The first-order valence-corrected chi connectivity index (χ1v) is 6.43. The van der Waals surface area contributed by atoms with E-state index in [4.69, 9.17) is 33.7 Å². The van der Waals surface area contributed by atoms with Gasteiger partial charge in [0.2, 0.25) is 0 Å². The van der Waals surface area contributed by atoms with Gasteiger partial charge in [0.05, 0.1) is 15.7 Å². The number of rotatable bonds is 4. The van der Waals surface area contributed by atoms with Crippen molar-refractivity contribution in [2.45, 2.75) is 6.42 Å². The number of hydrogen-bond donors (Lipinski definition) is 1. The number of nitrogen functional groups attached to an aromatic ring is 1. The molecule has 0 fully saturated rings. The fourth-order valence-corrected chi connectivity index (χ4v) is 2.04. The molecule has 104 valence electrons. The average Bonchev–Trinajstić information content (AvgIpc) is 2.39. The van der Waals surface area contributed by atoms with Crippen molar-refractivity contribution in [3.05, 3.63) is 52.0 Å². The Hall–Kier alpha value is -0.910. The number of para-hydroxylation sites is 1. The monoisotopic (exact) mass is 333 g/mol. The van der Waals surface area contributed by atoms with Crippen molar-refractivity contribution in [3.63, 3.8) is 0 Å². The molecule has 0 aliphatic carbocycles. The Bertz CT molecular complexity index is 665. The van der Waals surface area contributed by atoms with Gasteiger partial charge >= 0.3 is 29.6 Å². The molecule has 0 unspecified atom stereocenters. The summed E-state index contributed by atoms with van der Waals surface area (Å²) in [6, 6.07) is 9.85. The molecule has 2 aromatic rings. The smallest absolute Gasteiger partial charge is 0.550 e. The number of halogens is 2. The molecule has 21 heavy (non-hydrogen) atoms. The van der Waals surface area contributed by atoms with Crippen molar-refractivity contribution in [2.24, 2.45) is 0 Å². The number of aliphatic carboxylic acids is 1. The third-order valence-electron chi connectivity index (χ3n) is 2.62. The van der Waals surface area contributed by atoms with Gasteiger partial charge in [0.25, 0.3) is 0 Å². The second kappa shape index (κ2) is 7.92. The van der Waals surface area contributed by atoms with Crippen LogP contribution in [0.15, 0.2) is 36.4 Å². The molecule has 0 aliphatic heterocycles. The summed E-state index contributed by atoms with van der Waals surface area (Å²) in [7, 11) is 0. The van der Waals surface area contributed by atoms with Gasteiger partial charge in [-0.1, -0.05) is 41.4 Å². The zero-order valence-electron chi connectivity index (χ0n) is 11.2. The zero-order chi connectivity index (χ0) is 14.7. The van der Waals surface area contributed by atoms with Crippen LogP contribution in [-0.4, -0.2) is 5.97 Å². The first-order chi connectivity index (χ1) is 9.49. The number of carbonyl (C=O) groups excluding carboxylic acids is 1. The zero-order valence-corrected chi connectivity index (χ0v) is 14.7. The molecule has 0 spiro atoms. The van der Waals surface area contributed by atoms with Crippen molar-refractivity contribution in [3.8, 4) is 11.5 Å².